The summed E-state index contributed by atoms with van der Waals surface area (Å²) < 4.78 is 27.8. The molecule has 6 heteroatoms. The topological polar surface area (TPSA) is 41.8 Å². The molecule has 0 aromatic heterocycles. The second kappa shape index (κ2) is 6.61. The number of hydrogen-bond acceptors (Lipinski definition) is 2. The Balaban J connectivity index is 2.01. The lowest BCUT2D eigenvalue weighted by atomic mass is 10.1. The van der Waals surface area contributed by atoms with Gasteiger partial charge in [-0.1, -0.05) is 48.0 Å². The Hall–Kier alpha value is -1.40. The van der Waals surface area contributed by atoms with Gasteiger partial charge in [0.15, 0.2) is 0 Å². The third-order valence-corrected chi connectivity index (χ3v) is 6.37. The Morgan fingerprint density at radius 2 is 1.87 bits per heavy atom. The molecule has 0 aliphatic carbocycles. The first-order chi connectivity index (χ1) is 11.0. The van der Waals surface area contributed by atoms with E-state index >= 15 is 0 Å². The van der Waals surface area contributed by atoms with Crippen LogP contribution in [0.5, 0.6) is 0 Å². The molecule has 23 heavy (non-hydrogen) atoms. The lowest BCUT2D eigenvalue weighted by Gasteiger charge is -2.37. The quantitative estimate of drug-likeness (QED) is 0.912. The molecule has 1 fully saturated rings. The van der Waals surface area contributed by atoms with Crippen molar-refractivity contribution in [3.05, 3.63) is 65.2 Å². The Labute approximate surface area is 142 Å². The monoisotopic (exact) mass is 351 g/mol. The first-order valence-electron chi connectivity index (χ1n) is 7.62. The Morgan fingerprint density at radius 3 is 2.57 bits per heavy atom. The molecular weight excluding hydrogens is 332 g/mol. The van der Waals surface area contributed by atoms with Crippen LogP contribution in [-0.2, 0) is 10.0 Å². The summed E-state index contributed by atoms with van der Waals surface area (Å²) in [7, 11) is -1.47. The van der Waals surface area contributed by atoms with Gasteiger partial charge in [0.2, 0.25) is 10.0 Å². The van der Waals surface area contributed by atoms with Crippen LogP contribution in [0.3, 0.4) is 0 Å². The zero-order valence-corrected chi connectivity index (χ0v) is 14.5. The average Bonchev–Trinajstić information content (AvgIpc) is 2.55. The van der Waals surface area contributed by atoms with Crippen LogP contribution in [0, 0.1) is 0 Å². The van der Waals surface area contributed by atoms with E-state index in [1.165, 1.54) is 11.0 Å². The maximum atomic E-state index is 13.1. The van der Waals surface area contributed by atoms with Crippen molar-refractivity contribution in [3.63, 3.8) is 0 Å². The Morgan fingerprint density at radius 1 is 1.13 bits per heavy atom. The van der Waals surface area contributed by atoms with Crippen LogP contribution in [0.15, 0.2) is 59.5 Å². The number of hydrogen-bond donors (Lipinski definition) is 1. The van der Waals surface area contributed by atoms with E-state index in [0.717, 1.165) is 18.7 Å². The van der Waals surface area contributed by atoms with Gasteiger partial charge in [-0.25, -0.2) is 8.42 Å². The molecular formula is C17H20ClN2O2S+. The number of nitrogens with one attached hydrogen (secondary N) is 1. The van der Waals surface area contributed by atoms with Crippen LogP contribution in [-0.4, -0.2) is 39.4 Å². The molecule has 0 amide bonds. The number of nitrogens with zero attached hydrogens (tertiary/aromatic N) is 1. The van der Waals surface area contributed by atoms with Gasteiger partial charge in [0, 0.05) is 5.02 Å². The summed E-state index contributed by atoms with van der Waals surface area (Å²) in [6, 6.07) is 16.1. The highest BCUT2D eigenvalue weighted by atomic mass is 35.5. The second-order valence-electron chi connectivity index (χ2n) is 5.91. The van der Waals surface area contributed by atoms with Crippen molar-refractivity contribution in [2.75, 3.05) is 26.7 Å². The van der Waals surface area contributed by atoms with Gasteiger partial charge in [-0.05, 0) is 23.8 Å². The molecule has 122 valence electrons. The fraction of sp³-hybridized carbons (Fsp3) is 0.294. The molecule has 1 saturated heterocycles. The van der Waals surface area contributed by atoms with Gasteiger partial charge in [-0.15, -0.1) is 0 Å². The lowest BCUT2D eigenvalue weighted by Crippen LogP contribution is -3.12. The highest BCUT2D eigenvalue weighted by Gasteiger charge is 2.38. The number of likely N-dealkylation sites (N-methyl/N-ethyl adjacent to an activating group) is 1. The van der Waals surface area contributed by atoms with Gasteiger partial charge in [-0.2, -0.15) is 4.31 Å². The third-order valence-electron chi connectivity index (χ3n) is 4.24. The molecule has 4 nitrogen and oxygen atoms in total. The number of sulfonamides is 1. The van der Waals surface area contributed by atoms with E-state index in [4.69, 9.17) is 11.6 Å². The molecule has 0 bridgehead atoms. The van der Waals surface area contributed by atoms with Gasteiger partial charge in [0.25, 0.3) is 0 Å². The molecule has 1 aliphatic heterocycles. The predicted molar refractivity (Wildman–Crippen MR) is 91.1 cm³/mol. The highest BCUT2D eigenvalue weighted by Crippen LogP contribution is 2.28. The lowest BCUT2D eigenvalue weighted by molar-refractivity contribution is -0.887. The van der Waals surface area contributed by atoms with Gasteiger partial charge in [0.1, 0.15) is 0 Å². The molecule has 2 atom stereocenters. The minimum absolute atomic E-state index is 0.158. The van der Waals surface area contributed by atoms with Crippen LogP contribution < -0.4 is 4.90 Å². The number of quaternary nitrogens is 1. The third kappa shape index (κ3) is 3.43. The molecule has 0 radical (unpaired) electrons. The van der Waals surface area contributed by atoms with Gasteiger partial charge >= 0.3 is 0 Å². The maximum Gasteiger partial charge on any atom is 0.244 e. The fourth-order valence-electron chi connectivity index (χ4n) is 3.00. The average molecular weight is 352 g/mol. The van der Waals surface area contributed by atoms with Crippen molar-refractivity contribution in [3.8, 4) is 0 Å². The Bertz CT molecular complexity index is 780. The smallest absolute Gasteiger partial charge is 0.244 e. The zero-order chi connectivity index (χ0) is 16.4. The number of rotatable bonds is 3. The first kappa shape index (κ1) is 16.5. The van der Waals surface area contributed by atoms with Crippen LogP contribution >= 0.6 is 11.6 Å². The van der Waals surface area contributed by atoms with Gasteiger partial charge < -0.3 is 4.90 Å². The number of piperazine rings is 1. The molecule has 2 aromatic carbocycles. The number of halogens is 1. The number of benzene rings is 2. The summed E-state index contributed by atoms with van der Waals surface area (Å²) in [6.45, 7) is 2.05. The predicted octanol–water partition coefficient (Wildman–Crippen LogP) is 1.60. The summed E-state index contributed by atoms with van der Waals surface area (Å²) in [4.78, 5) is 1.59. The van der Waals surface area contributed by atoms with Crippen LogP contribution in [0.25, 0.3) is 0 Å². The molecule has 1 N–H and O–H groups in total. The fourth-order valence-corrected chi connectivity index (χ4v) is 4.92. The van der Waals surface area contributed by atoms with Crippen LogP contribution in [0.4, 0.5) is 0 Å². The largest absolute Gasteiger partial charge is 0.335 e. The van der Waals surface area contributed by atoms with Gasteiger partial charge in [-0.3, -0.25) is 0 Å². The van der Waals surface area contributed by atoms with E-state index in [0.29, 0.717) is 11.6 Å². The van der Waals surface area contributed by atoms with E-state index in [-0.39, 0.29) is 10.9 Å². The normalized spacial score (nSPS) is 22.9. The minimum Gasteiger partial charge on any atom is -0.335 e. The summed E-state index contributed by atoms with van der Waals surface area (Å²) >= 11 is 5.98. The minimum atomic E-state index is -3.57. The van der Waals surface area contributed by atoms with E-state index in [9.17, 15) is 8.42 Å². The van der Waals surface area contributed by atoms with Crippen LogP contribution in [0.2, 0.25) is 5.02 Å². The molecule has 0 saturated carbocycles. The van der Waals surface area contributed by atoms with E-state index in [1.807, 2.05) is 30.3 Å². The standard InChI is InChI=1S/C17H19ClN2O2S/c1-19-10-11-20(17(13-19)14-6-3-2-4-7-14)23(21,22)16-9-5-8-15(18)12-16/h2-9,12,17H,10-11,13H2,1H3/p+1/t17-/m0/s1. The Kier molecular flexibility index (Phi) is 4.73. The van der Waals surface area contributed by atoms with Crippen molar-refractivity contribution < 1.29 is 13.3 Å². The second-order valence-corrected chi connectivity index (χ2v) is 8.24. The molecule has 3 rings (SSSR count). The van der Waals surface area contributed by atoms with Gasteiger partial charge in [0.05, 0.1) is 37.6 Å². The van der Waals surface area contributed by atoms with E-state index < -0.39 is 10.0 Å². The summed E-state index contributed by atoms with van der Waals surface area (Å²) in [5, 5.41) is 0.432. The van der Waals surface area contributed by atoms with Crippen molar-refractivity contribution in [1.82, 2.24) is 4.31 Å². The van der Waals surface area contributed by atoms with Crippen molar-refractivity contribution >= 4 is 21.6 Å². The van der Waals surface area contributed by atoms with Crippen LogP contribution in [0.1, 0.15) is 11.6 Å². The molecule has 2 aromatic rings. The van der Waals surface area contributed by atoms with E-state index in [2.05, 4.69) is 7.05 Å². The SMILES string of the molecule is C[NH+]1CCN(S(=O)(=O)c2cccc(Cl)c2)[C@H](c2ccccc2)C1. The summed E-state index contributed by atoms with van der Waals surface area (Å²) in [5.74, 6) is 0. The summed E-state index contributed by atoms with van der Waals surface area (Å²) in [6.07, 6.45) is 0. The van der Waals surface area contributed by atoms with Crippen molar-refractivity contribution in [1.29, 1.82) is 0 Å². The molecule has 1 unspecified atom stereocenters. The zero-order valence-electron chi connectivity index (χ0n) is 12.9. The summed E-state index contributed by atoms with van der Waals surface area (Å²) in [5.41, 5.74) is 1.03. The first-order valence-corrected chi connectivity index (χ1v) is 9.44. The van der Waals surface area contributed by atoms with E-state index in [1.54, 1.807) is 22.5 Å². The molecule has 1 heterocycles. The highest BCUT2D eigenvalue weighted by molar-refractivity contribution is 7.89. The molecule has 0 spiro atoms. The maximum absolute atomic E-state index is 13.1. The van der Waals surface area contributed by atoms with Crippen molar-refractivity contribution in [2.45, 2.75) is 10.9 Å². The molecule has 1 aliphatic rings. The van der Waals surface area contributed by atoms with Crippen molar-refractivity contribution in [2.24, 2.45) is 0 Å².